The maximum Gasteiger partial charge on any atom is 0.306 e. The lowest BCUT2D eigenvalue weighted by molar-refractivity contribution is -0.382. The van der Waals surface area contributed by atoms with Crippen molar-refractivity contribution in [1.29, 1.82) is 0 Å². The Morgan fingerprint density at radius 3 is 2.86 bits per heavy atom. The van der Waals surface area contributed by atoms with E-state index in [0.717, 1.165) is 11.3 Å². The van der Waals surface area contributed by atoms with E-state index < -0.39 is 10.7 Å². The van der Waals surface area contributed by atoms with E-state index in [9.17, 15) is 14.5 Å². The molecule has 2 aromatic rings. The number of rotatable bonds is 1. The molecule has 0 atom stereocenters. The highest BCUT2D eigenvalue weighted by atomic mass is 35.5. The molecule has 0 aliphatic rings. The molecule has 3 nitrogen and oxygen atoms in total. The van der Waals surface area contributed by atoms with Crippen LogP contribution in [0.15, 0.2) is 18.2 Å². The topological polar surface area (TPSA) is 43.1 Å². The number of fused-ring (bicyclic) bond motifs is 1. The molecule has 1 heterocycles. The van der Waals surface area contributed by atoms with Gasteiger partial charge in [-0.3, -0.25) is 10.1 Å². The van der Waals surface area contributed by atoms with Crippen molar-refractivity contribution in [1.82, 2.24) is 0 Å². The summed E-state index contributed by atoms with van der Waals surface area (Å²) in [5, 5.41) is 11.0. The lowest BCUT2D eigenvalue weighted by Crippen LogP contribution is -1.86. The summed E-state index contributed by atoms with van der Waals surface area (Å²) in [5.41, 5.74) is -0.147. The van der Waals surface area contributed by atoms with Crippen molar-refractivity contribution in [2.45, 2.75) is 0 Å². The third-order valence-corrected chi connectivity index (χ3v) is 3.11. The number of halogens is 2. The molecule has 0 fully saturated rings. The second-order valence-electron chi connectivity index (χ2n) is 2.62. The summed E-state index contributed by atoms with van der Waals surface area (Å²) < 4.78 is 13.3. The van der Waals surface area contributed by atoms with Gasteiger partial charge in [-0.25, -0.2) is 4.39 Å². The molecule has 1 aromatic heterocycles. The first-order chi connectivity index (χ1) is 6.59. The zero-order chi connectivity index (χ0) is 10.3. The monoisotopic (exact) mass is 231 g/mol. The van der Waals surface area contributed by atoms with Crippen molar-refractivity contribution in [3.8, 4) is 0 Å². The molecule has 72 valence electrons. The zero-order valence-corrected chi connectivity index (χ0v) is 8.23. The Bertz CT molecular complexity index is 525. The van der Waals surface area contributed by atoms with E-state index in [1.54, 1.807) is 0 Å². The van der Waals surface area contributed by atoms with E-state index >= 15 is 0 Å². The third-order valence-electron chi connectivity index (χ3n) is 1.77. The van der Waals surface area contributed by atoms with Gasteiger partial charge >= 0.3 is 5.69 Å². The molecule has 0 bridgehead atoms. The molecule has 2 rings (SSSR count). The number of thiophene rings is 1. The van der Waals surface area contributed by atoms with Crippen molar-refractivity contribution < 1.29 is 9.31 Å². The van der Waals surface area contributed by atoms with Gasteiger partial charge in [-0.15, -0.1) is 11.3 Å². The van der Waals surface area contributed by atoms with Gasteiger partial charge in [0, 0.05) is 4.70 Å². The van der Waals surface area contributed by atoms with Gasteiger partial charge in [0.25, 0.3) is 0 Å². The van der Waals surface area contributed by atoms with Gasteiger partial charge in [-0.2, -0.15) is 0 Å². The van der Waals surface area contributed by atoms with Gasteiger partial charge in [-0.1, -0.05) is 11.6 Å². The highest BCUT2D eigenvalue weighted by Crippen LogP contribution is 2.40. The van der Waals surface area contributed by atoms with Crippen molar-refractivity contribution in [2.75, 3.05) is 0 Å². The van der Waals surface area contributed by atoms with Crippen molar-refractivity contribution in [2.24, 2.45) is 0 Å². The van der Waals surface area contributed by atoms with Crippen LogP contribution in [-0.4, -0.2) is 4.92 Å². The summed E-state index contributed by atoms with van der Waals surface area (Å²) in [7, 11) is 0. The number of benzene rings is 1. The van der Waals surface area contributed by atoms with E-state index in [-0.39, 0.29) is 10.0 Å². The van der Waals surface area contributed by atoms with Crippen molar-refractivity contribution in [3.63, 3.8) is 0 Å². The van der Waals surface area contributed by atoms with E-state index in [1.807, 2.05) is 0 Å². The molecular formula is C8H3ClFNO2S. The summed E-state index contributed by atoms with van der Waals surface area (Å²) in [6.45, 7) is 0. The predicted molar refractivity (Wildman–Crippen MR) is 53.4 cm³/mol. The van der Waals surface area contributed by atoms with Crippen LogP contribution in [0.1, 0.15) is 0 Å². The maximum absolute atomic E-state index is 12.8. The molecule has 6 heteroatoms. The first-order valence-electron chi connectivity index (χ1n) is 3.61. The number of hydrogen-bond donors (Lipinski definition) is 0. The van der Waals surface area contributed by atoms with Gasteiger partial charge in [0.1, 0.15) is 5.82 Å². The zero-order valence-electron chi connectivity index (χ0n) is 6.66. The minimum atomic E-state index is -0.556. The van der Waals surface area contributed by atoms with Crippen molar-refractivity contribution in [3.05, 3.63) is 38.5 Å². The second-order valence-corrected chi connectivity index (χ2v) is 4.28. The minimum absolute atomic E-state index is 0.0793. The van der Waals surface area contributed by atoms with Gasteiger partial charge in [0.2, 0.25) is 0 Å². The lowest BCUT2D eigenvalue weighted by atomic mass is 10.2. The fraction of sp³-hybridized carbons (Fsp3) is 0. The van der Waals surface area contributed by atoms with Crippen LogP contribution in [0, 0.1) is 15.9 Å². The fourth-order valence-electron chi connectivity index (χ4n) is 1.20. The standard InChI is InChI=1S/C8H3ClFNO2S/c9-8-7(11(12)13)5-2-1-4(10)3-6(5)14-8/h1-3H. The SMILES string of the molecule is O=[N+]([O-])c1c(Cl)sc2cc(F)ccc12. The molecule has 0 spiro atoms. The molecule has 0 aliphatic heterocycles. The van der Waals surface area contributed by atoms with Crippen LogP contribution in [0.2, 0.25) is 4.34 Å². The molecule has 0 N–H and O–H groups in total. The fourth-order valence-corrected chi connectivity index (χ4v) is 2.54. The molecule has 0 radical (unpaired) electrons. The highest BCUT2D eigenvalue weighted by molar-refractivity contribution is 7.23. The Morgan fingerprint density at radius 1 is 1.50 bits per heavy atom. The van der Waals surface area contributed by atoms with Gasteiger partial charge in [-0.05, 0) is 18.2 Å². The highest BCUT2D eigenvalue weighted by Gasteiger charge is 2.20. The van der Waals surface area contributed by atoms with E-state index in [1.165, 1.54) is 18.2 Å². The molecule has 1 aromatic carbocycles. The van der Waals surface area contributed by atoms with Gasteiger partial charge in [0.15, 0.2) is 4.34 Å². The number of nitrogens with zero attached hydrogens (tertiary/aromatic N) is 1. The molecule has 0 saturated carbocycles. The Labute approximate surface area is 86.9 Å². The molecule has 0 saturated heterocycles. The lowest BCUT2D eigenvalue weighted by Gasteiger charge is -1.89. The van der Waals surface area contributed by atoms with Crippen LogP contribution < -0.4 is 0 Å². The normalized spacial score (nSPS) is 10.7. The van der Waals surface area contributed by atoms with Gasteiger partial charge < -0.3 is 0 Å². The van der Waals surface area contributed by atoms with Crippen LogP contribution in [0.3, 0.4) is 0 Å². The second kappa shape index (κ2) is 3.18. The smallest absolute Gasteiger partial charge is 0.258 e. The molecule has 14 heavy (non-hydrogen) atoms. The summed E-state index contributed by atoms with van der Waals surface area (Å²) in [6, 6.07) is 3.78. The summed E-state index contributed by atoms with van der Waals surface area (Å²) in [5.74, 6) is -0.426. The molecule has 0 unspecified atom stereocenters. The van der Waals surface area contributed by atoms with Crippen LogP contribution in [0.25, 0.3) is 10.1 Å². The first-order valence-corrected chi connectivity index (χ1v) is 4.81. The van der Waals surface area contributed by atoms with Gasteiger partial charge in [0.05, 0.1) is 10.3 Å². The summed E-state index contributed by atoms with van der Waals surface area (Å²) in [4.78, 5) is 10.1. The van der Waals surface area contributed by atoms with E-state index in [0.29, 0.717) is 10.1 Å². The van der Waals surface area contributed by atoms with Crippen LogP contribution in [0.4, 0.5) is 10.1 Å². The average molecular weight is 232 g/mol. The first kappa shape index (κ1) is 9.36. The van der Waals surface area contributed by atoms with E-state index in [2.05, 4.69) is 0 Å². The van der Waals surface area contributed by atoms with Crippen molar-refractivity contribution >= 4 is 38.7 Å². The molecular weight excluding hydrogens is 229 g/mol. The predicted octanol–water partition coefficient (Wildman–Crippen LogP) is 3.60. The maximum atomic E-state index is 12.8. The largest absolute Gasteiger partial charge is 0.306 e. The molecule has 0 aliphatic carbocycles. The third kappa shape index (κ3) is 1.34. The minimum Gasteiger partial charge on any atom is -0.258 e. The van der Waals surface area contributed by atoms with E-state index in [4.69, 9.17) is 11.6 Å². The summed E-state index contributed by atoms with van der Waals surface area (Å²) >= 11 is 6.67. The van der Waals surface area contributed by atoms with Crippen LogP contribution in [0.5, 0.6) is 0 Å². The quantitative estimate of drug-likeness (QED) is 0.556. The van der Waals surface area contributed by atoms with Crippen LogP contribution in [-0.2, 0) is 0 Å². The Morgan fingerprint density at radius 2 is 2.21 bits per heavy atom. The Hall–Kier alpha value is -1.20. The number of nitro groups is 1. The van der Waals surface area contributed by atoms with Crippen LogP contribution >= 0.6 is 22.9 Å². The molecule has 0 amide bonds. The average Bonchev–Trinajstić information content (AvgIpc) is 2.39. The number of hydrogen-bond acceptors (Lipinski definition) is 3. The summed E-state index contributed by atoms with van der Waals surface area (Å²) in [6.07, 6.45) is 0. The Kier molecular flexibility index (Phi) is 2.13. The Balaban J connectivity index is 2.84.